The summed E-state index contributed by atoms with van der Waals surface area (Å²) in [6.45, 7) is 5.58. The molecule has 5 rings (SSSR count). The van der Waals surface area contributed by atoms with Gasteiger partial charge in [0.2, 0.25) is 0 Å². The van der Waals surface area contributed by atoms with E-state index in [-0.39, 0.29) is 5.69 Å². The predicted molar refractivity (Wildman–Crippen MR) is 142 cm³/mol. The van der Waals surface area contributed by atoms with E-state index in [0.717, 1.165) is 22.3 Å². The number of benzene rings is 3. The molecule has 2 heterocycles. The van der Waals surface area contributed by atoms with Gasteiger partial charge in [0.15, 0.2) is 0 Å². The first-order valence-corrected chi connectivity index (χ1v) is 11.7. The van der Waals surface area contributed by atoms with Crippen molar-refractivity contribution in [3.8, 4) is 22.5 Å². The van der Waals surface area contributed by atoms with Gasteiger partial charge >= 0.3 is 0 Å². The van der Waals surface area contributed by atoms with Gasteiger partial charge in [0.05, 0.1) is 27.4 Å². The topological polar surface area (TPSA) is 140 Å². The van der Waals surface area contributed by atoms with Crippen LogP contribution in [0, 0.1) is 30.9 Å². The molecule has 9 heteroatoms. The number of nitrogens with one attached hydrogen (secondary N) is 4. The second-order valence-corrected chi connectivity index (χ2v) is 9.20. The molecule has 0 fully saturated rings. The van der Waals surface area contributed by atoms with E-state index in [2.05, 4.69) is 20.4 Å². The van der Waals surface area contributed by atoms with Gasteiger partial charge < -0.3 is 0 Å². The number of aryl methyl sites for hydroxylation is 3. The summed E-state index contributed by atoms with van der Waals surface area (Å²) in [5.41, 5.74) is 5.21. The zero-order valence-corrected chi connectivity index (χ0v) is 20.5. The fourth-order valence-corrected chi connectivity index (χ4v) is 4.66. The van der Waals surface area contributed by atoms with Crippen molar-refractivity contribution < 1.29 is 4.92 Å². The van der Waals surface area contributed by atoms with Crippen LogP contribution in [0.1, 0.15) is 39.3 Å². The Bertz CT molecular complexity index is 1620. The number of hydrogen-bond acceptors (Lipinski definition) is 4. The highest BCUT2D eigenvalue weighted by molar-refractivity contribution is 5.71. The maximum Gasteiger partial charge on any atom is 0.272 e. The van der Waals surface area contributed by atoms with Crippen molar-refractivity contribution >= 4 is 5.69 Å². The maximum atomic E-state index is 13.3. The molecule has 0 unspecified atom stereocenters. The zero-order chi connectivity index (χ0) is 26.3. The lowest BCUT2D eigenvalue weighted by molar-refractivity contribution is -0.385. The average Bonchev–Trinajstić information content (AvgIpc) is 3.44. The van der Waals surface area contributed by atoms with Crippen LogP contribution in [0.4, 0.5) is 5.69 Å². The standard InChI is InChI=1S/C28H25N5O4/c1-15-4-9-18(10-5-15)25-23(27(34)31-29-25)22(20-13-8-17(3)21(14-20)33(36)37)24-26(30-32-28(24)35)19-11-6-16(2)7-12-19/h4-14,22H,1-3H3,(H2,29,31,34)(H2,30,32,35). The quantitative estimate of drug-likeness (QED) is 0.193. The van der Waals surface area contributed by atoms with Gasteiger partial charge in [0.1, 0.15) is 0 Å². The first-order valence-electron chi connectivity index (χ1n) is 11.7. The molecule has 0 aliphatic carbocycles. The van der Waals surface area contributed by atoms with Crippen LogP contribution in [0.3, 0.4) is 0 Å². The Morgan fingerprint density at radius 2 is 1.14 bits per heavy atom. The molecule has 9 nitrogen and oxygen atoms in total. The number of aromatic amines is 4. The Kier molecular flexibility index (Phi) is 5.96. The van der Waals surface area contributed by atoms with Crippen LogP contribution in [0.2, 0.25) is 0 Å². The molecule has 3 aromatic carbocycles. The molecule has 4 N–H and O–H groups in total. The third-order valence-corrected chi connectivity index (χ3v) is 6.65. The summed E-state index contributed by atoms with van der Waals surface area (Å²) in [7, 11) is 0. The van der Waals surface area contributed by atoms with Gasteiger partial charge in [-0.3, -0.25) is 40.1 Å². The highest BCUT2D eigenvalue weighted by Crippen LogP contribution is 2.39. The number of aromatic nitrogens is 4. The van der Waals surface area contributed by atoms with Crippen molar-refractivity contribution in [2.24, 2.45) is 0 Å². The highest BCUT2D eigenvalue weighted by Gasteiger charge is 2.32. The van der Waals surface area contributed by atoms with E-state index in [9.17, 15) is 19.7 Å². The van der Waals surface area contributed by atoms with Gasteiger partial charge in [-0.05, 0) is 37.5 Å². The van der Waals surface area contributed by atoms with Gasteiger partial charge in [-0.15, -0.1) is 0 Å². The van der Waals surface area contributed by atoms with Gasteiger partial charge in [-0.1, -0.05) is 71.8 Å². The van der Waals surface area contributed by atoms with Crippen molar-refractivity contribution in [1.82, 2.24) is 20.4 Å². The Labute approximate surface area is 211 Å². The lowest BCUT2D eigenvalue weighted by Gasteiger charge is -2.18. The summed E-state index contributed by atoms with van der Waals surface area (Å²) in [5, 5.41) is 23.0. The Hall–Kier alpha value is -4.92. The Morgan fingerprint density at radius 1 is 0.676 bits per heavy atom. The minimum absolute atomic E-state index is 0.0878. The molecular formula is C28H25N5O4. The molecule has 0 spiro atoms. The van der Waals surface area contributed by atoms with Crippen molar-refractivity contribution in [3.63, 3.8) is 0 Å². The molecule has 0 radical (unpaired) electrons. The van der Waals surface area contributed by atoms with Gasteiger partial charge in [-0.2, -0.15) is 0 Å². The molecule has 37 heavy (non-hydrogen) atoms. The summed E-state index contributed by atoms with van der Waals surface area (Å²) in [6, 6.07) is 20.1. The minimum atomic E-state index is -0.906. The Balaban J connectivity index is 1.83. The molecular weight excluding hydrogens is 470 g/mol. The second kappa shape index (κ2) is 9.27. The fraction of sp³-hybridized carbons (Fsp3) is 0.143. The lowest BCUT2D eigenvalue weighted by Crippen LogP contribution is -2.20. The van der Waals surface area contributed by atoms with E-state index in [1.54, 1.807) is 19.1 Å². The number of nitro benzene ring substituents is 1. The van der Waals surface area contributed by atoms with Gasteiger partial charge in [0.25, 0.3) is 16.8 Å². The number of H-pyrrole nitrogens is 4. The monoisotopic (exact) mass is 495 g/mol. The molecule has 0 saturated carbocycles. The number of rotatable bonds is 6. The van der Waals surface area contributed by atoms with E-state index in [1.807, 2.05) is 62.4 Å². The summed E-state index contributed by atoms with van der Waals surface area (Å²) in [6.07, 6.45) is 0. The van der Waals surface area contributed by atoms with Crippen LogP contribution in [0.15, 0.2) is 76.3 Å². The van der Waals surface area contributed by atoms with E-state index < -0.39 is 22.0 Å². The highest BCUT2D eigenvalue weighted by atomic mass is 16.6. The third kappa shape index (κ3) is 4.31. The fourth-order valence-electron chi connectivity index (χ4n) is 4.66. The van der Waals surface area contributed by atoms with Crippen LogP contribution in [-0.4, -0.2) is 25.3 Å². The lowest BCUT2D eigenvalue weighted by atomic mass is 9.82. The van der Waals surface area contributed by atoms with Crippen molar-refractivity contribution in [2.75, 3.05) is 0 Å². The molecule has 0 atom stereocenters. The molecule has 0 bridgehead atoms. The van der Waals surface area contributed by atoms with E-state index in [1.165, 1.54) is 6.07 Å². The maximum absolute atomic E-state index is 13.3. The minimum Gasteiger partial charge on any atom is -0.297 e. The first kappa shape index (κ1) is 23.8. The van der Waals surface area contributed by atoms with Crippen LogP contribution < -0.4 is 11.1 Å². The Morgan fingerprint density at radius 3 is 1.57 bits per heavy atom. The average molecular weight is 496 g/mol. The zero-order valence-electron chi connectivity index (χ0n) is 20.5. The molecule has 186 valence electrons. The largest absolute Gasteiger partial charge is 0.297 e. The van der Waals surface area contributed by atoms with Crippen molar-refractivity contribution in [2.45, 2.75) is 26.7 Å². The van der Waals surface area contributed by atoms with Gasteiger partial charge in [-0.25, -0.2) is 0 Å². The van der Waals surface area contributed by atoms with E-state index in [0.29, 0.717) is 33.6 Å². The SMILES string of the molecule is Cc1ccc(-c2[nH][nH]c(=O)c2C(c2ccc(C)c([N+](=O)[O-])c2)c2c(-c3ccc(C)cc3)[nH][nH]c2=O)cc1. The van der Waals surface area contributed by atoms with Crippen molar-refractivity contribution in [1.29, 1.82) is 0 Å². The summed E-state index contributed by atoms with van der Waals surface area (Å²) in [5.74, 6) is -0.906. The normalized spacial score (nSPS) is 11.2. The molecule has 0 aliphatic heterocycles. The van der Waals surface area contributed by atoms with Crippen molar-refractivity contribution in [3.05, 3.63) is 131 Å². The summed E-state index contributed by atoms with van der Waals surface area (Å²) in [4.78, 5) is 38.0. The van der Waals surface area contributed by atoms with Crippen LogP contribution >= 0.6 is 0 Å². The number of nitrogens with zero attached hydrogens (tertiary/aromatic N) is 1. The molecule has 5 aromatic rings. The molecule has 0 amide bonds. The summed E-state index contributed by atoms with van der Waals surface area (Å²) < 4.78 is 0. The first-order chi connectivity index (χ1) is 17.7. The predicted octanol–water partition coefficient (Wildman–Crippen LogP) is 5.07. The number of hydrogen-bond donors (Lipinski definition) is 4. The third-order valence-electron chi connectivity index (χ3n) is 6.65. The second-order valence-electron chi connectivity index (χ2n) is 9.20. The summed E-state index contributed by atoms with van der Waals surface area (Å²) >= 11 is 0. The molecule has 0 aliphatic rings. The number of nitro groups is 1. The van der Waals surface area contributed by atoms with E-state index in [4.69, 9.17) is 0 Å². The van der Waals surface area contributed by atoms with Crippen LogP contribution in [-0.2, 0) is 0 Å². The van der Waals surface area contributed by atoms with E-state index >= 15 is 0 Å². The molecule has 2 aromatic heterocycles. The molecule has 0 saturated heterocycles. The van der Waals surface area contributed by atoms with Gasteiger partial charge in [0, 0.05) is 17.5 Å². The smallest absolute Gasteiger partial charge is 0.272 e. The van der Waals surface area contributed by atoms with Crippen LogP contribution in [0.5, 0.6) is 0 Å². The van der Waals surface area contributed by atoms with Crippen LogP contribution in [0.25, 0.3) is 22.5 Å².